The van der Waals surface area contributed by atoms with E-state index in [0.717, 1.165) is 30.6 Å². The van der Waals surface area contributed by atoms with Gasteiger partial charge in [0.05, 0.1) is 6.42 Å². The second kappa shape index (κ2) is 6.26. The first kappa shape index (κ1) is 15.9. The second-order valence-electron chi connectivity index (χ2n) is 6.26. The Labute approximate surface area is 134 Å². The summed E-state index contributed by atoms with van der Waals surface area (Å²) in [5.74, 6) is 0. The number of hydrogen-bond acceptors (Lipinski definition) is 1. The zero-order valence-corrected chi connectivity index (χ0v) is 13.1. The van der Waals surface area contributed by atoms with Crippen molar-refractivity contribution < 1.29 is 13.2 Å². The number of rotatable bonds is 3. The molecule has 4 heteroatoms. The molecule has 2 aromatic carbocycles. The van der Waals surface area contributed by atoms with Crippen LogP contribution in [0.1, 0.15) is 30.0 Å². The van der Waals surface area contributed by atoms with Crippen molar-refractivity contribution in [1.29, 1.82) is 0 Å². The molecule has 0 aromatic heterocycles. The lowest BCUT2D eigenvalue weighted by atomic mass is 9.93. The Kier molecular flexibility index (Phi) is 4.33. The lowest BCUT2D eigenvalue weighted by Crippen LogP contribution is -2.36. The molecule has 0 N–H and O–H groups in total. The van der Waals surface area contributed by atoms with Crippen LogP contribution in [0.4, 0.5) is 18.9 Å². The standard InChI is InChI=1S/C19H20F3N/c1-14-7-9-17-11-16(12-19(20,21)22)8-10-18(17)23(14)13-15-5-3-2-4-6-15/h2-6,8,10-11,14H,7,9,12-13H2,1H3. The van der Waals surface area contributed by atoms with Gasteiger partial charge in [-0.25, -0.2) is 0 Å². The fourth-order valence-corrected chi connectivity index (χ4v) is 3.24. The topological polar surface area (TPSA) is 3.24 Å². The van der Waals surface area contributed by atoms with Crippen LogP contribution in [0, 0.1) is 0 Å². The summed E-state index contributed by atoms with van der Waals surface area (Å²) in [5.41, 5.74) is 3.66. The minimum atomic E-state index is -4.15. The molecule has 1 nitrogen and oxygen atoms in total. The molecule has 3 rings (SSSR count). The summed E-state index contributed by atoms with van der Waals surface area (Å²) in [7, 11) is 0. The number of nitrogens with zero attached hydrogens (tertiary/aromatic N) is 1. The molecule has 0 fully saturated rings. The van der Waals surface area contributed by atoms with Gasteiger partial charge in [-0.1, -0.05) is 42.5 Å². The lowest BCUT2D eigenvalue weighted by molar-refractivity contribution is -0.127. The van der Waals surface area contributed by atoms with E-state index < -0.39 is 12.6 Å². The Morgan fingerprint density at radius 3 is 2.48 bits per heavy atom. The van der Waals surface area contributed by atoms with Crippen LogP contribution in [0.25, 0.3) is 0 Å². The van der Waals surface area contributed by atoms with Gasteiger partial charge in [-0.2, -0.15) is 13.2 Å². The number of aryl methyl sites for hydroxylation is 1. The Balaban J connectivity index is 1.86. The van der Waals surface area contributed by atoms with Gasteiger partial charge in [-0.05, 0) is 42.5 Å². The van der Waals surface area contributed by atoms with E-state index in [2.05, 4.69) is 24.0 Å². The minimum Gasteiger partial charge on any atom is -0.364 e. The SMILES string of the molecule is CC1CCc2cc(CC(F)(F)F)ccc2N1Cc1ccccc1. The second-order valence-corrected chi connectivity index (χ2v) is 6.26. The molecule has 0 saturated heterocycles. The Morgan fingerprint density at radius 2 is 1.78 bits per heavy atom. The van der Waals surface area contributed by atoms with E-state index in [1.54, 1.807) is 12.1 Å². The molecule has 1 unspecified atom stereocenters. The van der Waals surface area contributed by atoms with Crippen molar-refractivity contribution in [2.45, 2.75) is 44.9 Å². The zero-order chi connectivity index (χ0) is 16.4. The number of alkyl halides is 3. The first-order valence-corrected chi connectivity index (χ1v) is 7.91. The number of benzene rings is 2. The summed E-state index contributed by atoms with van der Waals surface area (Å²) < 4.78 is 37.8. The summed E-state index contributed by atoms with van der Waals surface area (Å²) in [6, 6.07) is 15.8. The fourth-order valence-electron chi connectivity index (χ4n) is 3.24. The Hall–Kier alpha value is -1.97. The fraction of sp³-hybridized carbons (Fsp3) is 0.368. The summed E-state index contributed by atoms with van der Waals surface area (Å²) in [4.78, 5) is 2.30. The quantitative estimate of drug-likeness (QED) is 0.758. The smallest absolute Gasteiger partial charge is 0.364 e. The first-order valence-electron chi connectivity index (χ1n) is 7.91. The summed E-state index contributed by atoms with van der Waals surface area (Å²) in [6.45, 7) is 2.96. The molecule has 1 atom stereocenters. The van der Waals surface area contributed by atoms with Gasteiger partial charge in [0.25, 0.3) is 0 Å². The predicted octanol–water partition coefficient (Wildman–Crippen LogP) is 5.13. The van der Waals surface area contributed by atoms with Crippen molar-refractivity contribution in [2.75, 3.05) is 4.90 Å². The monoisotopic (exact) mass is 319 g/mol. The number of halogens is 3. The molecule has 1 aliphatic rings. The number of anilines is 1. The van der Waals surface area contributed by atoms with Gasteiger partial charge in [-0.15, -0.1) is 0 Å². The van der Waals surface area contributed by atoms with Crippen molar-refractivity contribution in [3.8, 4) is 0 Å². The maximum atomic E-state index is 12.6. The first-order chi connectivity index (χ1) is 10.9. The van der Waals surface area contributed by atoms with Crippen molar-refractivity contribution in [3.05, 3.63) is 65.2 Å². The molecule has 1 aliphatic heterocycles. The maximum Gasteiger partial charge on any atom is 0.393 e. The van der Waals surface area contributed by atoms with E-state index in [9.17, 15) is 13.2 Å². The van der Waals surface area contributed by atoms with E-state index in [0.29, 0.717) is 11.6 Å². The van der Waals surface area contributed by atoms with Gasteiger partial charge in [-0.3, -0.25) is 0 Å². The molecule has 1 heterocycles. The van der Waals surface area contributed by atoms with Crippen LogP contribution in [0.15, 0.2) is 48.5 Å². The van der Waals surface area contributed by atoms with Crippen LogP contribution < -0.4 is 4.90 Å². The third-order valence-corrected chi connectivity index (χ3v) is 4.42. The largest absolute Gasteiger partial charge is 0.393 e. The average molecular weight is 319 g/mol. The minimum absolute atomic E-state index is 0.352. The molecule has 0 amide bonds. The Morgan fingerprint density at radius 1 is 1.04 bits per heavy atom. The van der Waals surface area contributed by atoms with Crippen LogP contribution >= 0.6 is 0 Å². The molecule has 0 saturated carbocycles. The number of fused-ring (bicyclic) bond motifs is 1. The lowest BCUT2D eigenvalue weighted by Gasteiger charge is -2.37. The third kappa shape index (κ3) is 3.87. The summed E-state index contributed by atoms with van der Waals surface area (Å²) >= 11 is 0. The molecule has 0 radical (unpaired) electrons. The highest BCUT2D eigenvalue weighted by Gasteiger charge is 2.29. The highest BCUT2D eigenvalue weighted by molar-refractivity contribution is 5.58. The van der Waals surface area contributed by atoms with E-state index in [1.165, 1.54) is 5.56 Å². The maximum absolute atomic E-state index is 12.6. The van der Waals surface area contributed by atoms with Crippen molar-refractivity contribution in [1.82, 2.24) is 0 Å². The van der Waals surface area contributed by atoms with Gasteiger partial charge in [0, 0.05) is 18.3 Å². The van der Waals surface area contributed by atoms with Crippen LogP contribution in [0.5, 0.6) is 0 Å². The van der Waals surface area contributed by atoms with Crippen LogP contribution in [-0.4, -0.2) is 12.2 Å². The normalized spacial score (nSPS) is 17.9. The summed E-state index contributed by atoms with van der Waals surface area (Å²) in [5, 5.41) is 0. The molecule has 23 heavy (non-hydrogen) atoms. The van der Waals surface area contributed by atoms with E-state index in [4.69, 9.17) is 0 Å². The third-order valence-electron chi connectivity index (χ3n) is 4.42. The van der Waals surface area contributed by atoms with E-state index >= 15 is 0 Å². The molecule has 0 spiro atoms. The molecule has 122 valence electrons. The molecule has 0 bridgehead atoms. The molecule has 2 aromatic rings. The molecular formula is C19H20F3N. The predicted molar refractivity (Wildman–Crippen MR) is 86.6 cm³/mol. The van der Waals surface area contributed by atoms with Gasteiger partial charge >= 0.3 is 6.18 Å². The van der Waals surface area contributed by atoms with Crippen LogP contribution in [0.3, 0.4) is 0 Å². The van der Waals surface area contributed by atoms with Crippen LogP contribution in [0.2, 0.25) is 0 Å². The summed E-state index contributed by atoms with van der Waals surface area (Å²) in [6.07, 6.45) is -3.20. The van der Waals surface area contributed by atoms with E-state index in [-0.39, 0.29) is 0 Å². The van der Waals surface area contributed by atoms with Crippen molar-refractivity contribution >= 4 is 5.69 Å². The van der Waals surface area contributed by atoms with Crippen molar-refractivity contribution in [2.24, 2.45) is 0 Å². The van der Waals surface area contributed by atoms with Gasteiger partial charge < -0.3 is 4.90 Å². The molecular weight excluding hydrogens is 299 g/mol. The van der Waals surface area contributed by atoms with Gasteiger partial charge in [0.1, 0.15) is 0 Å². The van der Waals surface area contributed by atoms with Gasteiger partial charge in [0.2, 0.25) is 0 Å². The molecule has 0 aliphatic carbocycles. The number of hydrogen-bond donors (Lipinski definition) is 0. The van der Waals surface area contributed by atoms with E-state index in [1.807, 2.05) is 24.3 Å². The Bertz CT molecular complexity index is 664. The highest BCUT2D eigenvalue weighted by Crippen LogP contribution is 2.34. The highest BCUT2D eigenvalue weighted by atomic mass is 19.4. The van der Waals surface area contributed by atoms with Crippen molar-refractivity contribution in [3.63, 3.8) is 0 Å². The van der Waals surface area contributed by atoms with Gasteiger partial charge in [0.15, 0.2) is 0 Å². The zero-order valence-electron chi connectivity index (χ0n) is 13.1. The van der Waals surface area contributed by atoms with Crippen LogP contribution in [-0.2, 0) is 19.4 Å². The average Bonchev–Trinajstić information content (AvgIpc) is 2.50.